The van der Waals surface area contributed by atoms with Crippen molar-refractivity contribution in [3.8, 4) is 22.8 Å². The van der Waals surface area contributed by atoms with Crippen LogP contribution in [0.3, 0.4) is 0 Å². The minimum atomic E-state index is -2.85. The maximum Gasteiger partial charge on any atom is 0.230 e. The van der Waals surface area contributed by atoms with E-state index in [1.165, 1.54) is 75.6 Å². The van der Waals surface area contributed by atoms with Gasteiger partial charge in [-0.05, 0) is 52.0 Å². The second-order valence-electron chi connectivity index (χ2n) is 15.8. The lowest BCUT2D eigenvalue weighted by atomic mass is 9.95. The van der Waals surface area contributed by atoms with E-state index in [0.717, 1.165) is 22.0 Å². The maximum atomic E-state index is 4.12. The van der Waals surface area contributed by atoms with Gasteiger partial charge in [0.2, 0.25) is 8.07 Å². The fraction of sp³-hybridized carbons (Fsp3) is 0. The zero-order valence-corrected chi connectivity index (χ0v) is 34.3. The van der Waals surface area contributed by atoms with Gasteiger partial charge >= 0.3 is 0 Å². The van der Waals surface area contributed by atoms with Crippen LogP contribution in [0.2, 0.25) is 0 Å². The summed E-state index contributed by atoms with van der Waals surface area (Å²) >= 11 is 0. The molecule has 0 atom stereocenters. The van der Waals surface area contributed by atoms with Gasteiger partial charge in [0.25, 0.3) is 0 Å². The van der Waals surface area contributed by atoms with Crippen LogP contribution in [-0.2, 0) is 0 Å². The lowest BCUT2D eigenvalue weighted by Gasteiger charge is -2.28. The summed E-state index contributed by atoms with van der Waals surface area (Å²) in [5.74, 6) is 3.97. The summed E-state index contributed by atoms with van der Waals surface area (Å²) in [5.41, 5.74) is 12.3. The van der Waals surface area contributed by atoms with Crippen LogP contribution in [0.5, 0.6) is 0 Å². The molecule has 0 amide bonds. The Bertz CT molecular complexity index is 3490. The van der Waals surface area contributed by atoms with Gasteiger partial charge in [0.05, 0.1) is 27.8 Å². The Kier molecular flexibility index (Phi) is 8.13. The van der Waals surface area contributed by atoms with Crippen LogP contribution >= 0.6 is 0 Å². The largest absolute Gasteiger partial charge is 0.309 e. The Balaban J connectivity index is 1.14. The topological polar surface area (TPSA) is 9.86 Å². The van der Waals surface area contributed by atoms with E-state index in [-0.39, 0.29) is 0 Å². The molecule has 0 aliphatic carbocycles. The summed E-state index contributed by atoms with van der Waals surface area (Å²) in [7, 11) is -2.85. The molecule has 0 aliphatic heterocycles. The molecule has 284 valence electrons. The molecule has 0 aliphatic rings. The third-order valence-electron chi connectivity index (χ3n) is 12.6. The van der Waals surface area contributed by atoms with Crippen molar-refractivity contribution in [1.82, 2.24) is 9.13 Å². The van der Waals surface area contributed by atoms with E-state index in [1.807, 2.05) is 0 Å². The average Bonchev–Trinajstić information content (AvgIpc) is 3.85. The lowest BCUT2D eigenvalue weighted by molar-refractivity contribution is 1.18. The van der Waals surface area contributed by atoms with Crippen molar-refractivity contribution >= 4 is 88.8 Å². The Morgan fingerprint density at radius 2 is 0.656 bits per heavy atom. The number of hydrogen-bond donors (Lipinski definition) is 0. The Labute approximate surface area is 355 Å². The fourth-order valence-corrected chi connectivity index (χ4v) is 13.8. The van der Waals surface area contributed by atoms with Gasteiger partial charge in [-0.2, -0.15) is 0 Å². The maximum absolute atomic E-state index is 4.12. The number of aromatic nitrogens is 2. The average molecular weight is 791 g/mol. The molecule has 0 bridgehead atoms. The Morgan fingerprint density at radius 1 is 0.295 bits per heavy atom. The van der Waals surface area contributed by atoms with Gasteiger partial charge < -0.3 is 9.13 Å². The molecule has 3 heteroatoms. The summed E-state index contributed by atoms with van der Waals surface area (Å²) in [6, 6.07) is 84.0. The van der Waals surface area contributed by atoms with E-state index in [4.69, 9.17) is 0 Å². The summed E-state index contributed by atoms with van der Waals surface area (Å²) in [4.78, 5) is 0. The van der Waals surface area contributed by atoms with Crippen LogP contribution in [0.15, 0.2) is 231 Å². The first kappa shape index (κ1) is 35.1. The van der Waals surface area contributed by atoms with Crippen molar-refractivity contribution in [2.24, 2.45) is 0 Å². The van der Waals surface area contributed by atoms with E-state index >= 15 is 0 Å². The zero-order chi connectivity index (χ0) is 40.3. The SMILES string of the molecule is C(#C[Si](c1ccccc1)(c1ccccc1)c1ccccc1)c1c2ccccc2c(-n2c3ccccc3c3cc(-n4c5ccccc5c5ccccc54)ccc32)c2ccccc12. The molecule has 2 aromatic heterocycles. The highest BCUT2D eigenvalue weighted by atomic mass is 28.3. The predicted molar refractivity (Wildman–Crippen MR) is 261 cm³/mol. The van der Waals surface area contributed by atoms with Gasteiger partial charge in [-0.15, -0.1) is 5.54 Å². The van der Waals surface area contributed by atoms with Gasteiger partial charge in [-0.25, -0.2) is 0 Å². The Morgan fingerprint density at radius 3 is 1.13 bits per heavy atom. The fourth-order valence-electron chi connectivity index (χ4n) is 9.96. The van der Waals surface area contributed by atoms with Crippen LogP contribution < -0.4 is 15.6 Å². The quantitative estimate of drug-likeness (QED) is 0.0711. The van der Waals surface area contributed by atoms with Gasteiger partial charge in [-0.3, -0.25) is 0 Å². The summed E-state index contributed by atoms with van der Waals surface area (Å²) in [6.45, 7) is 0. The molecule has 0 saturated heterocycles. The number of para-hydroxylation sites is 3. The normalized spacial score (nSPS) is 11.8. The molecule has 0 spiro atoms. The van der Waals surface area contributed by atoms with Crippen molar-refractivity contribution in [1.29, 1.82) is 0 Å². The molecule has 0 radical (unpaired) electrons. The van der Waals surface area contributed by atoms with Gasteiger partial charge in [-0.1, -0.05) is 200 Å². The molecule has 0 N–H and O–H groups in total. The second kappa shape index (κ2) is 14.1. The molecule has 2 nitrogen and oxygen atoms in total. The summed E-state index contributed by atoms with van der Waals surface area (Å²) < 4.78 is 4.91. The number of rotatable bonds is 5. The van der Waals surface area contributed by atoms with E-state index in [1.54, 1.807) is 0 Å². The van der Waals surface area contributed by atoms with E-state index in [0.29, 0.717) is 0 Å². The first-order valence-corrected chi connectivity index (χ1v) is 22.9. The lowest BCUT2D eigenvalue weighted by Crippen LogP contribution is -2.66. The van der Waals surface area contributed by atoms with Gasteiger partial charge in [0.15, 0.2) is 0 Å². The molecule has 0 saturated carbocycles. The smallest absolute Gasteiger partial charge is 0.230 e. The number of nitrogens with zero attached hydrogens (tertiary/aromatic N) is 2. The predicted octanol–water partition coefficient (Wildman–Crippen LogP) is 12.2. The third kappa shape index (κ3) is 5.37. The Hall–Kier alpha value is -7.90. The number of benzene rings is 10. The first-order chi connectivity index (χ1) is 30.3. The molecule has 0 fully saturated rings. The summed E-state index contributed by atoms with van der Waals surface area (Å²) in [5, 5.41) is 13.4. The molecule has 10 aromatic carbocycles. The highest BCUT2D eigenvalue weighted by molar-refractivity contribution is 7.16. The molecule has 0 unspecified atom stereocenters. The van der Waals surface area contributed by atoms with E-state index < -0.39 is 8.07 Å². The van der Waals surface area contributed by atoms with Crippen molar-refractivity contribution < 1.29 is 0 Å². The van der Waals surface area contributed by atoms with Crippen LogP contribution in [0.4, 0.5) is 0 Å². The minimum absolute atomic E-state index is 1.06. The molecular formula is C58H38N2Si. The third-order valence-corrected chi connectivity index (χ3v) is 16.7. The van der Waals surface area contributed by atoms with Crippen LogP contribution in [0.25, 0.3) is 76.5 Å². The molecule has 2 heterocycles. The highest BCUT2D eigenvalue weighted by Gasteiger charge is 2.38. The van der Waals surface area contributed by atoms with Crippen molar-refractivity contribution in [2.75, 3.05) is 0 Å². The van der Waals surface area contributed by atoms with Crippen LogP contribution in [0.1, 0.15) is 5.56 Å². The second-order valence-corrected chi connectivity index (χ2v) is 19.3. The molecule has 12 aromatic rings. The van der Waals surface area contributed by atoms with Crippen molar-refractivity contribution in [3.05, 3.63) is 236 Å². The number of fused-ring (bicyclic) bond motifs is 8. The number of hydrogen-bond acceptors (Lipinski definition) is 0. The molecular weight excluding hydrogens is 753 g/mol. The molecule has 12 rings (SSSR count). The standard InChI is InChI=1S/C58H38N2Si/c1-4-20-42(21-5-1)61(43-22-6-2-7-23-43,44-24-8-3-9-25-44)39-38-47-45-26-10-12-31-51(45)58(52-32-13-11-27-46(47)52)60-56-35-19-16-30-50(56)53-40-41(36-37-57(53)60)59-54-33-17-14-28-48(54)49-29-15-18-34-55(49)59/h1-37,40H. The zero-order valence-electron chi connectivity index (χ0n) is 33.3. The van der Waals surface area contributed by atoms with Gasteiger partial charge in [0, 0.05) is 54.3 Å². The van der Waals surface area contributed by atoms with Crippen LogP contribution in [0, 0.1) is 11.5 Å². The van der Waals surface area contributed by atoms with Crippen molar-refractivity contribution in [3.63, 3.8) is 0 Å². The van der Waals surface area contributed by atoms with Gasteiger partial charge in [0.1, 0.15) is 0 Å². The minimum Gasteiger partial charge on any atom is -0.309 e. The molecule has 61 heavy (non-hydrogen) atoms. The van der Waals surface area contributed by atoms with Crippen molar-refractivity contribution in [2.45, 2.75) is 0 Å². The summed E-state index contributed by atoms with van der Waals surface area (Å²) in [6.07, 6.45) is 0. The highest BCUT2D eigenvalue weighted by Crippen LogP contribution is 2.42. The van der Waals surface area contributed by atoms with E-state index in [2.05, 4.69) is 251 Å². The monoisotopic (exact) mass is 790 g/mol. The van der Waals surface area contributed by atoms with Crippen LogP contribution in [-0.4, -0.2) is 17.2 Å². The van der Waals surface area contributed by atoms with E-state index in [9.17, 15) is 0 Å². The first-order valence-electron chi connectivity index (χ1n) is 20.9.